The van der Waals surface area contributed by atoms with E-state index in [-0.39, 0.29) is 0 Å². The number of nitrogens with two attached hydrogens (primary N) is 1. The van der Waals surface area contributed by atoms with E-state index in [1.165, 1.54) is 11.3 Å². The molecule has 1 aromatic carbocycles. The maximum absolute atomic E-state index is 5.97. The molecule has 0 atom stereocenters. The number of nitrogens with zero attached hydrogens (tertiary/aromatic N) is 1. The van der Waals surface area contributed by atoms with E-state index in [1.54, 1.807) is 11.3 Å². The van der Waals surface area contributed by atoms with Crippen molar-refractivity contribution in [2.75, 3.05) is 12.3 Å². The van der Waals surface area contributed by atoms with Gasteiger partial charge in [-0.25, -0.2) is 4.98 Å². The molecule has 19 heavy (non-hydrogen) atoms. The average molecular weight is 276 g/mol. The molecular formula is C15H20N2OS. The second-order valence-corrected chi connectivity index (χ2v) is 5.75. The molecule has 0 saturated carbocycles. The van der Waals surface area contributed by atoms with Gasteiger partial charge in [-0.2, -0.15) is 0 Å². The Labute approximate surface area is 118 Å². The van der Waals surface area contributed by atoms with Crippen molar-refractivity contribution in [2.45, 2.75) is 33.1 Å². The molecule has 0 fully saturated rings. The van der Waals surface area contributed by atoms with Crippen LogP contribution in [0.3, 0.4) is 0 Å². The molecule has 2 rings (SSSR count). The van der Waals surface area contributed by atoms with Crippen molar-refractivity contribution in [3.8, 4) is 5.75 Å². The van der Waals surface area contributed by atoms with E-state index in [0.29, 0.717) is 18.2 Å². The number of anilines is 1. The fraction of sp³-hybridized carbons (Fsp3) is 0.400. The fourth-order valence-corrected chi connectivity index (χ4v) is 2.83. The first-order valence-corrected chi connectivity index (χ1v) is 7.43. The van der Waals surface area contributed by atoms with Crippen LogP contribution in [0.4, 0.5) is 5.69 Å². The van der Waals surface area contributed by atoms with E-state index >= 15 is 0 Å². The number of aromatic nitrogens is 1. The standard InChI is InChI=1S/C15H20N2OS/c1-4-18-14-6-5-11(7-12(14)16)8-15-17-13(9-19-15)10(2)3/h5-7,9-10H,4,8,16H2,1-3H3. The fourth-order valence-electron chi connectivity index (χ4n) is 1.84. The van der Waals surface area contributed by atoms with Gasteiger partial charge in [0, 0.05) is 11.8 Å². The zero-order chi connectivity index (χ0) is 13.8. The highest BCUT2D eigenvalue weighted by molar-refractivity contribution is 7.09. The van der Waals surface area contributed by atoms with Crippen LogP contribution in [-0.4, -0.2) is 11.6 Å². The smallest absolute Gasteiger partial charge is 0.142 e. The lowest BCUT2D eigenvalue weighted by Gasteiger charge is -2.08. The number of nitrogen functional groups attached to an aromatic ring is 1. The molecule has 0 aliphatic carbocycles. The van der Waals surface area contributed by atoms with E-state index in [1.807, 2.05) is 19.1 Å². The van der Waals surface area contributed by atoms with Gasteiger partial charge in [0.15, 0.2) is 0 Å². The summed E-state index contributed by atoms with van der Waals surface area (Å²) in [6, 6.07) is 5.96. The van der Waals surface area contributed by atoms with Crippen LogP contribution in [-0.2, 0) is 6.42 Å². The first-order chi connectivity index (χ1) is 9.10. The van der Waals surface area contributed by atoms with Crippen molar-refractivity contribution < 1.29 is 4.74 Å². The monoisotopic (exact) mass is 276 g/mol. The summed E-state index contributed by atoms with van der Waals surface area (Å²) in [5.74, 6) is 1.24. The summed E-state index contributed by atoms with van der Waals surface area (Å²) in [7, 11) is 0. The highest BCUT2D eigenvalue weighted by atomic mass is 32.1. The highest BCUT2D eigenvalue weighted by Gasteiger charge is 2.08. The molecule has 0 radical (unpaired) electrons. The lowest BCUT2D eigenvalue weighted by molar-refractivity contribution is 0.342. The van der Waals surface area contributed by atoms with Crippen molar-refractivity contribution in [1.29, 1.82) is 0 Å². The molecule has 1 aromatic heterocycles. The molecular weight excluding hydrogens is 256 g/mol. The van der Waals surface area contributed by atoms with E-state index in [4.69, 9.17) is 10.5 Å². The van der Waals surface area contributed by atoms with Crippen LogP contribution in [0.15, 0.2) is 23.6 Å². The van der Waals surface area contributed by atoms with E-state index in [9.17, 15) is 0 Å². The average Bonchev–Trinajstić information content (AvgIpc) is 2.81. The third-order valence-electron chi connectivity index (χ3n) is 2.89. The van der Waals surface area contributed by atoms with Crippen molar-refractivity contribution >= 4 is 17.0 Å². The van der Waals surface area contributed by atoms with E-state index < -0.39 is 0 Å². The van der Waals surface area contributed by atoms with Gasteiger partial charge in [-0.15, -0.1) is 11.3 Å². The van der Waals surface area contributed by atoms with Gasteiger partial charge in [0.1, 0.15) is 5.75 Å². The van der Waals surface area contributed by atoms with Gasteiger partial charge in [0.25, 0.3) is 0 Å². The molecule has 3 nitrogen and oxygen atoms in total. The summed E-state index contributed by atoms with van der Waals surface area (Å²) < 4.78 is 5.44. The van der Waals surface area contributed by atoms with Crippen LogP contribution in [0.1, 0.15) is 43.0 Å². The second kappa shape index (κ2) is 6.06. The number of rotatable bonds is 5. The number of thiazole rings is 1. The number of hydrogen-bond acceptors (Lipinski definition) is 4. The molecule has 0 amide bonds. The molecule has 0 aliphatic rings. The molecule has 2 N–H and O–H groups in total. The number of ether oxygens (including phenoxy) is 1. The number of benzene rings is 1. The molecule has 0 unspecified atom stereocenters. The van der Waals surface area contributed by atoms with Crippen LogP contribution in [0.2, 0.25) is 0 Å². The van der Waals surface area contributed by atoms with Crippen molar-refractivity contribution in [3.05, 3.63) is 39.8 Å². The largest absolute Gasteiger partial charge is 0.492 e. The van der Waals surface area contributed by atoms with Gasteiger partial charge in [-0.3, -0.25) is 0 Å². The van der Waals surface area contributed by atoms with Crippen LogP contribution in [0.5, 0.6) is 5.75 Å². The predicted molar refractivity (Wildman–Crippen MR) is 81.0 cm³/mol. The summed E-state index contributed by atoms with van der Waals surface area (Å²) in [6.07, 6.45) is 0.827. The Kier molecular flexibility index (Phi) is 4.43. The molecule has 102 valence electrons. The Morgan fingerprint density at radius 3 is 2.74 bits per heavy atom. The summed E-state index contributed by atoms with van der Waals surface area (Å²) in [6.45, 7) is 6.91. The molecule has 2 aromatic rings. The first-order valence-electron chi connectivity index (χ1n) is 6.55. The molecule has 0 bridgehead atoms. The molecule has 4 heteroatoms. The zero-order valence-electron chi connectivity index (χ0n) is 11.6. The van der Waals surface area contributed by atoms with Gasteiger partial charge in [-0.1, -0.05) is 19.9 Å². The second-order valence-electron chi connectivity index (χ2n) is 4.80. The Morgan fingerprint density at radius 1 is 1.37 bits per heavy atom. The van der Waals surface area contributed by atoms with E-state index in [2.05, 4.69) is 30.3 Å². The third-order valence-corrected chi connectivity index (χ3v) is 3.76. The van der Waals surface area contributed by atoms with Gasteiger partial charge in [0.2, 0.25) is 0 Å². The Morgan fingerprint density at radius 2 is 2.16 bits per heavy atom. The minimum atomic E-state index is 0.482. The van der Waals surface area contributed by atoms with Crippen molar-refractivity contribution in [1.82, 2.24) is 4.98 Å². The maximum Gasteiger partial charge on any atom is 0.142 e. The van der Waals surface area contributed by atoms with Crippen LogP contribution in [0.25, 0.3) is 0 Å². The number of hydrogen-bond donors (Lipinski definition) is 1. The van der Waals surface area contributed by atoms with Crippen LogP contribution in [0, 0.1) is 0 Å². The van der Waals surface area contributed by atoms with Gasteiger partial charge in [-0.05, 0) is 30.5 Å². The topological polar surface area (TPSA) is 48.1 Å². The van der Waals surface area contributed by atoms with Gasteiger partial charge < -0.3 is 10.5 Å². The molecule has 0 aliphatic heterocycles. The first kappa shape index (κ1) is 13.9. The minimum absolute atomic E-state index is 0.482. The van der Waals surface area contributed by atoms with Crippen molar-refractivity contribution in [3.63, 3.8) is 0 Å². The summed E-state index contributed by atoms with van der Waals surface area (Å²) in [4.78, 5) is 4.64. The summed E-state index contributed by atoms with van der Waals surface area (Å²) in [5.41, 5.74) is 9.00. The van der Waals surface area contributed by atoms with Crippen molar-refractivity contribution in [2.24, 2.45) is 0 Å². The van der Waals surface area contributed by atoms with Crippen LogP contribution < -0.4 is 10.5 Å². The SMILES string of the molecule is CCOc1ccc(Cc2nc(C(C)C)cs2)cc1N. The Bertz CT molecular complexity index is 549. The maximum atomic E-state index is 5.97. The third kappa shape index (κ3) is 3.47. The lowest BCUT2D eigenvalue weighted by atomic mass is 10.1. The highest BCUT2D eigenvalue weighted by Crippen LogP contribution is 2.25. The van der Waals surface area contributed by atoms with E-state index in [0.717, 1.165) is 17.2 Å². The van der Waals surface area contributed by atoms with Gasteiger partial charge in [0.05, 0.1) is 23.0 Å². The predicted octanol–water partition coefficient (Wildman–Crippen LogP) is 3.84. The Balaban J connectivity index is 2.12. The minimum Gasteiger partial charge on any atom is -0.492 e. The van der Waals surface area contributed by atoms with Gasteiger partial charge >= 0.3 is 0 Å². The quantitative estimate of drug-likeness (QED) is 0.844. The molecule has 1 heterocycles. The molecule has 0 spiro atoms. The summed E-state index contributed by atoms with van der Waals surface area (Å²) >= 11 is 1.71. The Hall–Kier alpha value is -1.55. The zero-order valence-corrected chi connectivity index (χ0v) is 12.5. The lowest BCUT2D eigenvalue weighted by Crippen LogP contribution is -1.98. The van der Waals surface area contributed by atoms with Crippen LogP contribution >= 0.6 is 11.3 Å². The normalized spacial score (nSPS) is 10.9. The molecule has 0 saturated heterocycles. The summed E-state index contributed by atoms with van der Waals surface area (Å²) in [5, 5.41) is 3.27.